The summed E-state index contributed by atoms with van der Waals surface area (Å²) in [7, 11) is 4.87. The van der Waals surface area contributed by atoms with E-state index in [0.717, 1.165) is 15.9 Å². The smallest absolute Gasteiger partial charge is 0.332 e. The lowest BCUT2D eigenvalue weighted by Crippen LogP contribution is -2.39. The Morgan fingerprint density at radius 1 is 1.12 bits per heavy atom. The molecule has 126 valence electrons. The van der Waals surface area contributed by atoms with Crippen molar-refractivity contribution in [1.82, 2.24) is 9.13 Å². The van der Waals surface area contributed by atoms with Crippen LogP contribution in [0.15, 0.2) is 39.9 Å². The summed E-state index contributed by atoms with van der Waals surface area (Å²) in [4.78, 5) is 25.4. The van der Waals surface area contributed by atoms with Crippen LogP contribution >= 0.6 is 0 Å². The van der Waals surface area contributed by atoms with Crippen molar-refractivity contribution < 1.29 is 4.74 Å². The van der Waals surface area contributed by atoms with Crippen molar-refractivity contribution in [3.63, 3.8) is 0 Å². The Labute approximate surface area is 140 Å². The van der Waals surface area contributed by atoms with Gasteiger partial charge in [-0.25, -0.2) is 4.79 Å². The van der Waals surface area contributed by atoms with Crippen molar-refractivity contribution in [2.45, 2.75) is 6.92 Å². The van der Waals surface area contributed by atoms with Crippen LogP contribution in [0, 0.1) is 18.8 Å². The highest BCUT2D eigenvalue weighted by Crippen LogP contribution is 2.15. The normalized spacial score (nSPS) is 10.0. The SMILES string of the molecule is Cc1ccccc1OCC#CCN(C)c1cc(=O)n(C)c(=O)n1C. The molecule has 2 rings (SSSR count). The van der Waals surface area contributed by atoms with E-state index in [0.29, 0.717) is 12.4 Å². The first-order valence-corrected chi connectivity index (χ1v) is 7.54. The zero-order valence-corrected chi connectivity index (χ0v) is 14.4. The summed E-state index contributed by atoms with van der Waals surface area (Å²) in [5.74, 6) is 7.26. The average Bonchev–Trinajstić information content (AvgIpc) is 2.57. The molecule has 2 aromatic rings. The molecular weight excluding hydrogens is 306 g/mol. The maximum Gasteiger partial charge on any atom is 0.332 e. The number of ether oxygens (including phenoxy) is 1. The van der Waals surface area contributed by atoms with Gasteiger partial charge in [0, 0.05) is 27.2 Å². The molecule has 24 heavy (non-hydrogen) atoms. The van der Waals surface area contributed by atoms with Gasteiger partial charge in [-0.15, -0.1) is 0 Å². The van der Waals surface area contributed by atoms with E-state index in [1.807, 2.05) is 31.2 Å². The van der Waals surface area contributed by atoms with Crippen molar-refractivity contribution in [2.75, 3.05) is 25.1 Å². The van der Waals surface area contributed by atoms with Crippen molar-refractivity contribution in [3.8, 4) is 17.6 Å². The second-order valence-electron chi connectivity index (χ2n) is 5.51. The number of aromatic nitrogens is 2. The van der Waals surface area contributed by atoms with Crippen LogP contribution in [0.4, 0.5) is 5.82 Å². The molecule has 0 saturated heterocycles. The number of benzene rings is 1. The third-order valence-electron chi connectivity index (χ3n) is 3.73. The summed E-state index contributed by atoms with van der Waals surface area (Å²) < 4.78 is 8.09. The number of nitrogens with zero attached hydrogens (tertiary/aromatic N) is 3. The molecule has 1 heterocycles. The first-order valence-electron chi connectivity index (χ1n) is 7.54. The van der Waals surface area contributed by atoms with Crippen molar-refractivity contribution in [3.05, 3.63) is 56.7 Å². The van der Waals surface area contributed by atoms with Gasteiger partial charge in [0.1, 0.15) is 18.2 Å². The molecule has 0 aliphatic rings. The maximum atomic E-state index is 11.9. The van der Waals surface area contributed by atoms with E-state index in [2.05, 4.69) is 11.8 Å². The number of hydrogen-bond acceptors (Lipinski definition) is 4. The van der Waals surface area contributed by atoms with E-state index in [1.54, 1.807) is 19.0 Å². The highest BCUT2D eigenvalue weighted by Gasteiger charge is 2.08. The predicted molar refractivity (Wildman–Crippen MR) is 94.6 cm³/mol. The lowest BCUT2D eigenvalue weighted by molar-refractivity contribution is 0.367. The van der Waals surface area contributed by atoms with Gasteiger partial charge in [0.25, 0.3) is 5.56 Å². The summed E-state index contributed by atoms with van der Waals surface area (Å²) in [6, 6.07) is 9.18. The fraction of sp³-hybridized carbons (Fsp3) is 0.333. The van der Waals surface area contributed by atoms with E-state index < -0.39 is 0 Å². The molecule has 0 saturated carbocycles. The number of hydrogen-bond donors (Lipinski definition) is 0. The van der Waals surface area contributed by atoms with Crippen molar-refractivity contribution in [1.29, 1.82) is 0 Å². The van der Waals surface area contributed by atoms with E-state index >= 15 is 0 Å². The van der Waals surface area contributed by atoms with Crippen LogP contribution in [0.2, 0.25) is 0 Å². The summed E-state index contributed by atoms with van der Waals surface area (Å²) in [6.45, 7) is 2.65. The summed E-state index contributed by atoms with van der Waals surface area (Å²) in [5.41, 5.74) is 0.363. The van der Waals surface area contributed by atoms with Crippen LogP contribution in [0.25, 0.3) is 0 Å². The largest absolute Gasteiger partial charge is 0.481 e. The molecule has 0 spiro atoms. The molecule has 0 amide bonds. The minimum atomic E-state index is -0.361. The van der Waals surface area contributed by atoms with E-state index in [9.17, 15) is 9.59 Å². The number of rotatable bonds is 4. The first-order chi connectivity index (χ1) is 11.4. The van der Waals surface area contributed by atoms with Gasteiger partial charge in [-0.3, -0.25) is 13.9 Å². The second-order valence-corrected chi connectivity index (χ2v) is 5.51. The van der Waals surface area contributed by atoms with Crippen LogP contribution in [0.3, 0.4) is 0 Å². The van der Waals surface area contributed by atoms with Gasteiger partial charge >= 0.3 is 5.69 Å². The van der Waals surface area contributed by atoms with Crippen molar-refractivity contribution in [2.24, 2.45) is 14.1 Å². The predicted octanol–water partition coefficient (Wildman–Crippen LogP) is 0.911. The lowest BCUT2D eigenvalue weighted by Gasteiger charge is -2.19. The van der Waals surface area contributed by atoms with Gasteiger partial charge < -0.3 is 9.64 Å². The number of para-hydroxylation sites is 1. The Bertz CT molecular complexity index is 900. The minimum absolute atomic E-state index is 0.286. The molecule has 0 aliphatic heterocycles. The first kappa shape index (κ1) is 17.4. The Balaban J connectivity index is 2.00. The van der Waals surface area contributed by atoms with Crippen LogP contribution in [0.1, 0.15) is 5.56 Å². The molecular formula is C18H21N3O3. The van der Waals surface area contributed by atoms with Crippen molar-refractivity contribution >= 4 is 5.82 Å². The molecule has 0 N–H and O–H groups in total. The molecule has 0 unspecified atom stereocenters. The number of anilines is 1. The molecule has 1 aromatic carbocycles. The van der Waals surface area contributed by atoms with Gasteiger partial charge in [0.2, 0.25) is 0 Å². The topological polar surface area (TPSA) is 56.5 Å². The fourth-order valence-electron chi connectivity index (χ4n) is 2.23. The Hall–Kier alpha value is -2.94. The van der Waals surface area contributed by atoms with Crippen LogP contribution in [-0.2, 0) is 14.1 Å². The molecule has 6 nitrogen and oxygen atoms in total. The van der Waals surface area contributed by atoms with E-state index in [4.69, 9.17) is 4.74 Å². The molecule has 0 bridgehead atoms. The fourth-order valence-corrected chi connectivity index (χ4v) is 2.23. The van der Waals surface area contributed by atoms with E-state index in [-0.39, 0.29) is 17.9 Å². The zero-order chi connectivity index (χ0) is 17.7. The van der Waals surface area contributed by atoms with Crippen LogP contribution in [0.5, 0.6) is 5.75 Å². The van der Waals surface area contributed by atoms with Gasteiger partial charge in [0.05, 0.1) is 6.54 Å². The average molecular weight is 327 g/mol. The summed E-state index contributed by atoms with van der Waals surface area (Å²) >= 11 is 0. The highest BCUT2D eigenvalue weighted by atomic mass is 16.5. The number of aryl methyl sites for hydroxylation is 1. The standard InChI is InChI=1S/C18H21N3O3/c1-14-9-5-6-10-15(14)24-12-8-7-11-19(2)16-13-17(22)21(4)18(23)20(16)3/h5-6,9-10,13H,11-12H2,1-4H3. The van der Waals surface area contributed by atoms with Crippen LogP contribution < -0.4 is 20.9 Å². The second kappa shape index (κ2) is 7.55. The molecule has 0 radical (unpaired) electrons. The molecule has 0 atom stereocenters. The van der Waals surface area contributed by atoms with E-state index in [1.165, 1.54) is 17.7 Å². The van der Waals surface area contributed by atoms with Gasteiger partial charge in [0.15, 0.2) is 0 Å². The van der Waals surface area contributed by atoms with Gasteiger partial charge in [-0.1, -0.05) is 30.0 Å². The molecule has 0 aliphatic carbocycles. The molecule has 6 heteroatoms. The third-order valence-corrected chi connectivity index (χ3v) is 3.73. The molecule has 0 fully saturated rings. The lowest BCUT2D eigenvalue weighted by atomic mass is 10.2. The monoisotopic (exact) mass is 327 g/mol. The Morgan fingerprint density at radius 2 is 1.83 bits per heavy atom. The maximum absolute atomic E-state index is 11.9. The minimum Gasteiger partial charge on any atom is -0.481 e. The van der Waals surface area contributed by atoms with Gasteiger partial charge in [-0.2, -0.15) is 0 Å². The summed E-state index contributed by atoms with van der Waals surface area (Å²) in [5, 5.41) is 0. The third kappa shape index (κ3) is 3.87. The summed E-state index contributed by atoms with van der Waals surface area (Å²) in [6.07, 6.45) is 0. The Morgan fingerprint density at radius 3 is 2.54 bits per heavy atom. The molecule has 1 aromatic heterocycles. The zero-order valence-electron chi connectivity index (χ0n) is 14.4. The quantitative estimate of drug-likeness (QED) is 0.784. The highest BCUT2D eigenvalue weighted by molar-refractivity contribution is 5.39. The van der Waals surface area contributed by atoms with Crippen LogP contribution in [-0.4, -0.2) is 29.3 Å². The Kier molecular flexibility index (Phi) is 5.48. The van der Waals surface area contributed by atoms with Gasteiger partial charge in [-0.05, 0) is 18.6 Å².